The zero-order valence-electron chi connectivity index (χ0n) is 10.3. The van der Waals surface area contributed by atoms with Crippen molar-refractivity contribution < 1.29 is 9.66 Å². The summed E-state index contributed by atoms with van der Waals surface area (Å²) in [5.41, 5.74) is 7.21. The van der Waals surface area contributed by atoms with Crippen LogP contribution in [0.4, 0.5) is 17.1 Å². The molecule has 6 heteroatoms. The maximum absolute atomic E-state index is 10.7. The van der Waals surface area contributed by atoms with Crippen molar-refractivity contribution in [1.82, 2.24) is 0 Å². The molecule has 2 N–H and O–H groups in total. The number of hydrogen-bond donors (Lipinski definition) is 1. The number of nitrogens with zero attached hydrogens (tertiary/aromatic N) is 2. The molecule has 18 heavy (non-hydrogen) atoms. The van der Waals surface area contributed by atoms with Gasteiger partial charge in [-0.3, -0.25) is 10.1 Å². The monoisotopic (exact) mass is 251 g/mol. The highest BCUT2D eigenvalue weighted by molar-refractivity contribution is 5.70. The third kappa shape index (κ3) is 2.53. The number of nitrogens with two attached hydrogens (primary N) is 1. The Morgan fingerprint density at radius 2 is 2.33 bits per heavy atom. The molecule has 0 bridgehead atoms. The molecule has 0 aliphatic carbocycles. The summed E-state index contributed by atoms with van der Waals surface area (Å²) in [5, 5.41) is 10.7. The quantitative estimate of drug-likeness (QED) is 0.503. The van der Waals surface area contributed by atoms with Gasteiger partial charge in [-0.25, -0.2) is 0 Å². The maximum atomic E-state index is 10.7. The second-order valence-electron chi connectivity index (χ2n) is 4.45. The predicted molar refractivity (Wildman–Crippen MR) is 69.8 cm³/mol. The lowest BCUT2D eigenvalue weighted by molar-refractivity contribution is -0.384. The lowest BCUT2D eigenvalue weighted by Crippen LogP contribution is -2.39. The van der Waals surface area contributed by atoms with Crippen LogP contribution in [0.2, 0.25) is 0 Å². The molecule has 1 unspecified atom stereocenters. The Kier molecular flexibility index (Phi) is 3.66. The number of rotatable bonds is 3. The normalized spacial score (nSPS) is 19.8. The van der Waals surface area contributed by atoms with E-state index < -0.39 is 4.92 Å². The number of piperidine rings is 1. The number of methoxy groups -OCH3 is 1. The molecule has 1 aromatic carbocycles. The molecule has 0 saturated carbocycles. The maximum Gasteiger partial charge on any atom is 0.271 e. The summed E-state index contributed by atoms with van der Waals surface area (Å²) in [6.07, 6.45) is 2.28. The molecule has 0 spiro atoms. The Morgan fingerprint density at radius 3 is 2.94 bits per heavy atom. The van der Waals surface area contributed by atoms with Gasteiger partial charge in [-0.05, 0) is 18.9 Å². The Labute approximate surface area is 105 Å². The first-order chi connectivity index (χ1) is 8.61. The molecule has 0 aromatic heterocycles. The van der Waals surface area contributed by atoms with Gasteiger partial charge in [0.05, 0.1) is 22.4 Å². The Morgan fingerprint density at radius 1 is 1.56 bits per heavy atom. The van der Waals surface area contributed by atoms with Gasteiger partial charge in [0.15, 0.2) is 0 Å². The molecule has 0 radical (unpaired) electrons. The second-order valence-corrected chi connectivity index (χ2v) is 4.45. The molecule has 98 valence electrons. The van der Waals surface area contributed by atoms with E-state index >= 15 is 0 Å². The van der Waals surface area contributed by atoms with Crippen LogP contribution in [0, 0.1) is 10.1 Å². The third-order valence-corrected chi connectivity index (χ3v) is 3.27. The van der Waals surface area contributed by atoms with Crippen molar-refractivity contribution in [2.75, 3.05) is 30.8 Å². The summed E-state index contributed by atoms with van der Waals surface area (Å²) in [7, 11) is 1.70. The molecule has 1 saturated heterocycles. The molecule has 1 aliphatic heterocycles. The molecule has 6 nitrogen and oxygen atoms in total. The minimum atomic E-state index is -0.436. The smallest absolute Gasteiger partial charge is 0.271 e. The topological polar surface area (TPSA) is 81.6 Å². The van der Waals surface area contributed by atoms with Gasteiger partial charge >= 0.3 is 0 Å². The number of ether oxygens (including phenoxy) is 1. The molecule has 1 atom stereocenters. The average molecular weight is 251 g/mol. The highest BCUT2D eigenvalue weighted by atomic mass is 16.6. The Balaban J connectivity index is 2.20. The third-order valence-electron chi connectivity index (χ3n) is 3.27. The van der Waals surface area contributed by atoms with E-state index in [1.807, 2.05) is 0 Å². The summed E-state index contributed by atoms with van der Waals surface area (Å²) < 4.78 is 5.35. The summed E-state index contributed by atoms with van der Waals surface area (Å²) in [5.74, 6) is 0. The molecule has 1 aliphatic rings. The van der Waals surface area contributed by atoms with E-state index in [0.29, 0.717) is 5.69 Å². The molecular formula is C12H17N3O3. The zero-order chi connectivity index (χ0) is 13.1. The van der Waals surface area contributed by atoms with Crippen molar-refractivity contribution in [1.29, 1.82) is 0 Å². The van der Waals surface area contributed by atoms with Gasteiger partial charge in [0.25, 0.3) is 5.69 Å². The summed E-state index contributed by atoms with van der Waals surface area (Å²) >= 11 is 0. The molecule has 1 fully saturated rings. The molecule has 1 aromatic rings. The Bertz CT molecular complexity index is 450. The van der Waals surface area contributed by atoms with Crippen molar-refractivity contribution in [3.05, 3.63) is 28.3 Å². The fourth-order valence-electron chi connectivity index (χ4n) is 2.29. The van der Waals surface area contributed by atoms with Gasteiger partial charge < -0.3 is 15.4 Å². The average Bonchev–Trinajstić information content (AvgIpc) is 2.38. The zero-order valence-corrected chi connectivity index (χ0v) is 10.3. The van der Waals surface area contributed by atoms with Gasteiger partial charge in [0, 0.05) is 32.3 Å². The van der Waals surface area contributed by atoms with Gasteiger partial charge in [0.1, 0.15) is 0 Å². The second kappa shape index (κ2) is 5.22. The van der Waals surface area contributed by atoms with E-state index in [9.17, 15) is 10.1 Å². The first kappa shape index (κ1) is 12.6. The lowest BCUT2D eigenvalue weighted by Gasteiger charge is -2.34. The number of anilines is 2. The minimum absolute atomic E-state index is 0.0246. The summed E-state index contributed by atoms with van der Waals surface area (Å²) in [4.78, 5) is 12.3. The van der Waals surface area contributed by atoms with Gasteiger partial charge in [-0.15, -0.1) is 0 Å². The van der Waals surface area contributed by atoms with Gasteiger partial charge in [-0.1, -0.05) is 0 Å². The van der Waals surface area contributed by atoms with E-state index in [2.05, 4.69) is 4.90 Å². The first-order valence-corrected chi connectivity index (χ1v) is 5.93. The van der Waals surface area contributed by atoms with E-state index in [1.54, 1.807) is 13.2 Å². The van der Waals surface area contributed by atoms with Crippen LogP contribution in [0.5, 0.6) is 0 Å². The van der Waals surface area contributed by atoms with Crippen LogP contribution in [-0.4, -0.2) is 31.2 Å². The van der Waals surface area contributed by atoms with Crippen LogP contribution >= 0.6 is 0 Å². The molecule has 0 amide bonds. The van der Waals surface area contributed by atoms with Crippen LogP contribution in [0.1, 0.15) is 12.8 Å². The summed E-state index contributed by atoms with van der Waals surface area (Å²) in [6.45, 7) is 1.68. The largest absolute Gasteiger partial charge is 0.397 e. The SMILES string of the molecule is COC1CCCN(c2ccc([N+](=O)[O-])cc2N)C1. The minimum Gasteiger partial charge on any atom is -0.397 e. The molecule has 2 rings (SSSR count). The number of benzene rings is 1. The van der Waals surface area contributed by atoms with Crippen molar-refractivity contribution in [3.8, 4) is 0 Å². The number of non-ortho nitro benzene ring substituents is 1. The fourth-order valence-corrected chi connectivity index (χ4v) is 2.29. The van der Waals surface area contributed by atoms with E-state index in [-0.39, 0.29) is 11.8 Å². The number of nitro groups is 1. The van der Waals surface area contributed by atoms with Crippen LogP contribution < -0.4 is 10.6 Å². The van der Waals surface area contributed by atoms with Crippen LogP contribution in [0.15, 0.2) is 18.2 Å². The van der Waals surface area contributed by atoms with Crippen LogP contribution in [0.25, 0.3) is 0 Å². The highest BCUT2D eigenvalue weighted by Gasteiger charge is 2.21. The number of nitro benzene ring substituents is 1. The molecule has 1 heterocycles. The predicted octanol–water partition coefficient (Wildman–Crippen LogP) is 1.79. The fraction of sp³-hybridized carbons (Fsp3) is 0.500. The van der Waals surface area contributed by atoms with Crippen LogP contribution in [0.3, 0.4) is 0 Å². The Hall–Kier alpha value is -1.82. The highest BCUT2D eigenvalue weighted by Crippen LogP contribution is 2.30. The first-order valence-electron chi connectivity index (χ1n) is 5.93. The van der Waals surface area contributed by atoms with Gasteiger partial charge in [-0.2, -0.15) is 0 Å². The van der Waals surface area contributed by atoms with Gasteiger partial charge in [0.2, 0.25) is 0 Å². The standard InChI is InChI=1S/C12H17N3O3/c1-18-10-3-2-6-14(8-10)12-5-4-9(15(16)17)7-11(12)13/h4-5,7,10H,2-3,6,8,13H2,1H3. The van der Waals surface area contributed by atoms with Crippen molar-refractivity contribution in [3.63, 3.8) is 0 Å². The number of hydrogen-bond acceptors (Lipinski definition) is 5. The van der Waals surface area contributed by atoms with E-state index in [0.717, 1.165) is 31.6 Å². The summed E-state index contributed by atoms with van der Waals surface area (Å²) in [6, 6.07) is 4.61. The van der Waals surface area contributed by atoms with Crippen LogP contribution in [-0.2, 0) is 4.74 Å². The van der Waals surface area contributed by atoms with E-state index in [4.69, 9.17) is 10.5 Å². The van der Waals surface area contributed by atoms with E-state index in [1.165, 1.54) is 12.1 Å². The van der Waals surface area contributed by atoms with Crippen molar-refractivity contribution >= 4 is 17.1 Å². The number of nitrogen functional groups attached to an aromatic ring is 1. The van der Waals surface area contributed by atoms with Crippen molar-refractivity contribution in [2.24, 2.45) is 0 Å². The van der Waals surface area contributed by atoms with Crippen molar-refractivity contribution in [2.45, 2.75) is 18.9 Å². The molecular weight excluding hydrogens is 234 g/mol. The lowest BCUT2D eigenvalue weighted by atomic mass is 10.1.